The zero-order valence-corrected chi connectivity index (χ0v) is 9.17. The van der Waals surface area contributed by atoms with Crippen LogP contribution in [0.4, 0.5) is 5.95 Å². The first-order valence-electron chi connectivity index (χ1n) is 5.08. The molecule has 88 valence electrons. The quantitative estimate of drug-likeness (QED) is 0.676. The van der Waals surface area contributed by atoms with Crippen molar-refractivity contribution >= 4 is 5.95 Å². The Morgan fingerprint density at radius 2 is 1.83 bits per heavy atom. The van der Waals surface area contributed by atoms with Crippen molar-refractivity contribution < 1.29 is 0 Å². The highest BCUT2D eigenvalue weighted by atomic mass is 15.2. The molecular weight excluding hydrogens is 232 g/mol. The zero-order valence-electron chi connectivity index (χ0n) is 9.17. The number of aromatic nitrogens is 7. The van der Waals surface area contributed by atoms with Crippen LogP contribution >= 0.6 is 0 Å². The van der Waals surface area contributed by atoms with Gasteiger partial charge in [0, 0.05) is 24.8 Å². The maximum atomic E-state index is 5.67. The van der Waals surface area contributed by atoms with Gasteiger partial charge < -0.3 is 5.73 Å². The smallest absolute Gasteiger partial charge is 0.240 e. The molecule has 3 aromatic rings. The molecule has 0 aliphatic carbocycles. The fraction of sp³-hybridized carbons (Fsp3) is 0. The van der Waals surface area contributed by atoms with E-state index in [-0.39, 0.29) is 5.95 Å². The molecular formula is C10H8N8. The largest absolute Gasteiger partial charge is 0.368 e. The topological polar surface area (TPSA) is 108 Å². The molecule has 0 amide bonds. The Bertz CT molecular complexity index is 649. The summed E-state index contributed by atoms with van der Waals surface area (Å²) in [4.78, 5) is 24.1. The monoisotopic (exact) mass is 240 g/mol. The molecule has 0 atom stereocenters. The number of nitrogen functional groups attached to an aromatic ring is 1. The number of nitrogens with zero attached hydrogens (tertiary/aromatic N) is 7. The van der Waals surface area contributed by atoms with Crippen molar-refractivity contribution in [1.82, 2.24) is 34.5 Å². The number of hydrogen-bond acceptors (Lipinski definition) is 7. The lowest BCUT2D eigenvalue weighted by Crippen LogP contribution is -2.06. The van der Waals surface area contributed by atoms with Crippen molar-refractivity contribution in [3.8, 4) is 17.3 Å². The third kappa shape index (κ3) is 1.86. The highest BCUT2D eigenvalue weighted by molar-refractivity contribution is 5.53. The van der Waals surface area contributed by atoms with E-state index in [0.717, 1.165) is 0 Å². The Hall–Kier alpha value is -2.90. The number of anilines is 1. The zero-order chi connectivity index (χ0) is 12.4. The molecule has 0 radical (unpaired) electrons. The Morgan fingerprint density at radius 1 is 1.00 bits per heavy atom. The molecule has 3 heterocycles. The molecule has 8 nitrogen and oxygen atoms in total. The molecule has 0 unspecified atom stereocenters. The molecule has 3 rings (SSSR count). The van der Waals surface area contributed by atoms with Gasteiger partial charge in [0.1, 0.15) is 12.7 Å². The first-order chi connectivity index (χ1) is 8.83. The molecule has 0 aliphatic heterocycles. The summed E-state index contributed by atoms with van der Waals surface area (Å²) in [6.07, 6.45) is 9.59. The van der Waals surface area contributed by atoms with E-state index in [9.17, 15) is 0 Å². The second kappa shape index (κ2) is 4.17. The normalized spacial score (nSPS) is 10.4. The Labute approximate surface area is 102 Å². The van der Waals surface area contributed by atoms with Crippen LogP contribution in [-0.2, 0) is 0 Å². The number of imidazole rings is 1. The van der Waals surface area contributed by atoms with Gasteiger partial charge in [-0.2, -0.15) is 15.0 Å². The lowest BCUT2D eigenvalue weighted by Gasteiger charge is -2.04. The average Bonchev–Trinajstić information content (AvgIpc) is 2.93. The first kappa shape index (κ1) is 10.3. The van der Waals surface area contributed by atoms with E-state index in [4.69, 9.17) is 5.73 Å². The highest BCUT2D eigenvalue weighted by Crippen LogP contribution is 2.14. The number of rotatable bonds is 2. The average molecular weight is 240 g/mol. The van der Waals surface area contributed by atoms with Crippen molar-refractivity contribution in [2.75, 3.05) is 5.73 Å². The minimum atomic E-state index is 0.132. The van der Waals surface area contributed by atoms with Crippen LogP contribution in [0.15, 0.2) is 37.4 Å². The fourth-order valence-corrected chi connectivity index (χ4v) is 1.42. The molecule has 8 heteroatoms. The summed E-state index contributed by atoms with van der Waals surface area (Å²) in [5.41, 5.74) is 6.34. The highest BCUT2D eigenvalue weighted by Gasteiger charge is 2.08. The van der Waals surface area contributed by atoms with Crippen LogP contribution in [0.5, 0.6) is 0 Å². The second-order valence-corrected chi connectivity index (χ2v) is 3.41. The molecule has 0 spiro atoms. The molecule has 2 N–H and O–H groups in total. The van der Waals surface area contributed by atoms with Crippen LogP contribution in [0.1, 0.15) is 0 Å². The SMILES string of the molecule is Nc1nc(-c2cncnc2)nc(-n2ccnc2)n1. The van der Waals surface area contributed by atoms with E-state index in [1.165, 1.54) is 6.33 Å². The second-order valence-electron chi connectivity index (χ2n) is 3.41. The van der Waals surface area contributed by atoms with Crippen LogP contribution in [0.2, 0.25) is 0 Å². The van der Waals surface area contributed by atoms with Gasteiger partial charge in [0.25, 0.3) is 0 Å². The lowest BCUT2D eigenvalue weighted by molar-refractivity contribution is 0.905. The Kier molecular flexibility index (Phi) is 2.38. The van der Waals surface area contributed by atoms with E-state index >= 15 is 0 Å². The van der Waals surface area contributed by atoms with Gasteiger partial charge in [0.15, 0.2) is 5.82 Å². The van der Waals surface area contributed by atoms with E-state index < -0.39 is 0 Å². The third-order valence-electron chi connectivity index (χ3n) is 2.20. The van der Waals surface area contributed by atoms with Gasteiger partial charge in [-0.25, -0.2) is 15.0 Å². The Morgan fingerprint density at radius 3 is 2.56 bits per heavy atom. The number of hydrogen-bond donors (Lipinski definition) is 1. The summed E-state index contributed by atoms with van der Waals surface area (Å²) in [7, 11) is 0. The summed E-state index contributed by atoms with van der Waals surface area (Å²) in [5, 5.41) is 0. The molecule has 0 saturated carbocycles. The van der Waals surface area contributed by atoms with E-state index in [1.54, 1.807) is 35.7 Å². The van der Waals surface area contributed by atoms with Gasteiger partial charge in [-0.3, -0.25) is 4.57 Å². The van der Waals surface area contributed by atoms with Crippen molar-refractivity contribution in [3.63, 3.8) is 0 Å². The van der Waals surface area contributed by atoms with Gasteiger partial charge in [-0.15, -0.1) is 0 Å². The molecule has 0 aromatic carbocycles. The van der Waals surface area contributed by atoms with E-state index in [0.29, 0.717) is 17.3 Å². The molecule has 0 aliphatic rings. The van der Waals surface area contributed by atoms with Crippen LogP contribution in [0, 0.1) is 0 Å². The lowest BCUT2D eigenvalue weighted by atomic mass is 10.3. The molecule has 3 aromatic heterocycles. The van der Waals surface area contributed by atoms with Gasteiger partial charge in [0.2, 0.25) is 11.9 Å². The summed E-state index contributed by atoms with van der Waals surface area (Å²) in [6, 6.07) is 0. The van der Waals surface area contributed by atoms with Crippen LogP contribution in [0.25, 0.3) is 17.3 Å². The summed E-state index contributed by atoms with van der Waals surface area (Å²) in [6.45, 7) is 0. The van der Waals surface area contributed by atoms with Crippen molar-refractivity contribution in [1.29, 1.82) is 0 Å². The first-order valence-corrected chi connectivity index (χ1v) is 5.08. The van der Waals surface area contributed by atoms with Crippen molar-refractivity contribution in [3.05, 3.63) is 37.4 Å². The van der Waals surface area contributed by atoms with Crippen LogP contribution in [0.3, 0.4) is 0 Å². The van der Waals surface area contributed by atoms with Crippen LogP contribution in [-0.4, -0.2) is 34.5 Å². The molecule has 0 bridgehead atoms. The summed E-state index contributed by atoms with van der Waals surface area (Å²) >= 11 is 0. The van der Waals surface area contributed by atoms with E-state index in [2.05, 4.69) is 29.9 Å². The van der Waals surface area contributed by atoms with Crippen LogP contribution < -0.4 is 5.73 Å². The maximum Gasteiger partial charge on any atom is 0.240 e. The predicted molar refractivity (Wildman–Crippen MR) is 62.4 cm³/mol. The van der Waals surface area contributed by atoms with Gasteiger partial charge in [-0.05, 0) is 0 Å². The summed E-state index contributed by atoms with van der Waals surface area (Å²) in [5.74, 6) is 0.957. The van der Waals surface area contributed by atoms with Gasteiger partial charge in [-0.1, -0.05) is 0 Å². The maximum absolute atomic E-state index is 5.67. The van der Waals surface area contributed by atoms with E-state index in [1.807, 2.05) is 0 Å². The fourth-order valence-electron chi connectivity index (χ4n) is 1.42. The standard InChI is InChI=1S/C10H8N8/c11-9-15-8(7-3-13-5-14-4-7)16-10(17-9)18-2-1-12-6-18/h1-6H,(H2,11,15,16,17). The van der Waals surface area contributed by atoms with Crippen molar-refractivity contribution in [2.24, 2.45) is 0 Å². The van der Waals surface area contributed by atoms with Gasteiger partial charge >= 0.3 is 0 Å². The predicted octanol–water partition coefficient (Wildman–Crippen LogP) is 0.0965. The number of nitrogens with two attached hydrogens (primary N) is 1. The molecule has 0 fully saturated rings. The van der Waals surface area contributed by atoms with Gasteiger partial charge in [0.05, 0.1) is 5.56 Å². The molecule has 18 heavy (non-hydrogen) atoms. The Balaban J connectivity index is 2.12. The third-order valence-corrected chi connectivity index (χ3v) is 2.20. The minimum absolute atomic E-state index is 0.132. The summed E-state index contributed by atoms with van der Waals surface area (Å²) < 4.78 is 1.64. The van der Waals surface area contributed by atoms with Crippen molar-refractivity contribution in [2.45, 2.75) is 0 Å². The molecule has 0 saturated heterocycles. The minimum Gasteiger partial charge on any atom is -0.368 e.